The summed E-state index contributed by atoms with van der Waals surface area (Å²) >= 11 is 0.762. The molecule has 2 heterocycles. The highest BCUT2D eigenvalue weighted by molar-refractivity contribution is 7.99. The van der Waals surface area contributed by atoms with Crippen LogP contribution in [0.1, 0.15) is 11.5 Å². The first-order valence-electron chi connectivity index (χ1n) is 5.46. The Morgan fingerprint density at radius 1 is 1.29 bits per heavy atom. The van der Waals surface area contributed by atoms with Gasteiger partial charge in [-0.2, -0.15) is 13.2 Å². The van der Waals surface area contributed by atoms with E-state index in [4.69, 9.17) is 5.84 Å². The van der Waals surface area contributed by atoms with Gasteiger partial charge in [-0.1, -0.05) is 0 Å². The lowest BCUT2D eigenvalue weighted by atomic mass is 10.5. The quantitative estimate of drug-likeness (QED) is 0.339. The van der Waals surface area contributed by atoms with Gasteiger partial charge in [0.25, 0.3) is 5.56 Å². The molecule has 4 N–H and O–H groups in total. The molecule has 0 unspecified atom stereocenters. The normalized spacial score (nSPS) is 11.5. The summed E-state index contributed by atoms with van der Waals surface area (Å²) < 4.78 is 38.0. The molecule has 112 valence electrons. The molecule has 0 aliphatic heterocycles. The number of halogens is 3. The Hall–Kier alpha value is -2.14. The topological polar surface area (TPSA) is 110 Å². The third-order valence-corrected chi connectivity index (χ3v) is 2.96. The minimum atomic E-state index is -4.71. The second-order valence-corrected chi connectivity index (χ2v) is 4.86. The molecule has 0 radical (unpaired) electrons. The molecule has 2 aromatic rings. The molecule has 0 atom stereocenters. The number of nitrogens with zero attached hydrogens (tertiary/aromatic N) is 3. The molecule has 2 rings (SSSR count). The molecule has 0 saturated carbocycles. The molecule has 0 aliphatic rings. The highest BCUT2D eigenvalue weighted by Gasteiger charge is 2.35. The second-order valence-electron chi connectivity index (χ2n) is 3.85. The molecule has 2 aromatic heterocycles. The zero-order chi connectivity index (χ0) is 15.6. The first-order chi connectivity index (χ1) is 9.77. The number of aryl methyl sites for hydroxylation is 1. The van der Waals surface area contributed by atoms with Crippen molar-refractivity contribution < 1.29 is 13.2 Å². The summed E-state index contributed by atoms with van der Waals surface area (Å²) in [6.07, 6.45) is -4.71. The van der Waals surface area contributed by atoms with Gasteiger partial charge in [0.1, 0.15) is 10.8 Å². The molecule has 0 aliphatic carbocycles. The van der Waals surface area contributed by atoms with Gasteiger partial charge in [-0.3, -0.25) is 4.79 Å². The Kier molecular flexibility index (Phi) is 4.14. The lowest BCUT2D eigenvalue weighted by molar-refractivity contribution is -0.145. The van der Waals surface area contributed by atoms with E-state index in [1.807, 2.05) is 5.43 Å². The van der Waals surface area contributed by atoms with Crippen LogP contribution in [0.4, 0.5) is 19.0 Å². The van der Waals surface area contributed by atoms with E-state index < -0.39 is 17.6 Å². The number of anilines is 1. The second kappa shape index (κ2) is 5.69. The number of H-pyrrole nitrogens is 1. The number of hydrogen-bond acceptors (Lipinski definition) is 7. The molecule has 0 aromatic carbocycles. The standard InChI is InChI=1S/C10H9F3N6OS/c1-4-2-6(20)17-9(15-4)21-7-3-5(19-14)16-8(18-7)10(11,12)13/h2-3H,14H2,1H3,(H,15,17,20)(H,16,18,19). The first kappa shape index (κ1) is 15.3. The number of hydrazine groups is 1. The number of aromatic amines is 1. The molecule has 0 fully saturated rings. The van der Waals surface area contributed by atoms with Crippen molar-refractivity contribution in [2.24, 2.45) is 5.84 Å². The van der Waals surface area contributed by atoms with E-state index >= 15 is 0 Å². The van der Waals surface area contributed by atoms with Gasteiger partial charge in [0.2, 0.25) is 5.82 Å². The molecule has 21 heavy (non-hydrogen) atoms. The smallest absolute Gasteiger partial charge is 0.308 e. The number of nitrogens with one attached hydrogen (secondary N) is 2. The van der Waals surface area contributed by atoms with E-state index in [9.17, 15) is 18.0 Å². The molecular formula is C10H9F3N6OS. The Labute approximate surface area is 120 Å². The minimum absolute atomic E-state index is 0.0565. The largest absolute Gasteiger partial charge is 0.451 e. The van der Waals surface area contributed by atoms with E-state index in [2.05, 4.69) is 19.9 Å². The molecule has 0 spiro atoms. The van der Waals surface area contributed by atoms with Crippen LogP contribution in [0.15, 0.2) is 27.1 Å². The number of aromatic nitrogens is 4. The Balaban J connectivity index is 2.41. The fourth-order valence-electron chi connectivity index (χ4n) is 1.38. The van der Waals surface area contributed by atoms with Crippen molar-refractivity contribution in [1.29, 1.82) is 0 Å². The summed E-state index contributed by atoms with van der Waals surface area (Å²) in [5.74, 6) is 3.55. The van der Waals surface area contributed by atoms with Gasteiger partial charge in [0.15, 0.2) is 5.16 Å². The summed E-state index contributed by atoms with van der Waals surface area (Å²) in [5, 5.41) is 0.0637. The van der Waals surface area contributed by atoms with Crippen LogP contribution in [0.2, 0.25) is 0 Å². The Morgan fingerprint density at radius 3 is 2.57 bits per heavy atom. The van der Waals surface area contributed by atoms with Crippen LogP contribution in [-0.2, 0) is 6.18 Å². The van der Waals surface area contributed by atoms with Crippen LogP contribution in [0.25, 0.3) is 0 Å². The number of rotatable bonds is 3. The van der Waals surface area contributed by atoms with E-state index in [1.54, 1.807) is 6.92 Å². The Bertz CT molecular complexity index is 717. The maximum absolute atomic E-state index is 12.7. The van der Waals surface area contributed by atoms with Crippen molar-refractivity contribution in [3.8, 4) is 0 Å². The summed E-state index contributed by atoms with van der Waals surface area (Å²) in [6.45, 7) is 1.59. The van der Waals surface area contributed by atoms with Gasteiger partial charge < -0.3 is 10.4 Å². The zero-order valence-electron chi connectivity index (χ0n) is 10.5. The van der Waals surface area contributed by atoms with Crippen molar-refractivity contribution in [1.82, 2.24) is 19.9 Å². The molecular weight excluding hydrogens is 309 g/mol. The van der Waals surface area contributed by atoms with E-state index in [1.165, 1.54) is 12.1 Å². The predicted octanol–water partition coefficient (Wildman–Crippen LogP) is 1.32. The number of nitrogen functional groups attached to an aromatic ring is 1. The van der Waals surface area contributed by atoms with Crippen LogP contribution >= 0.6 is 11.8 Å². The van der Waals surface area contributed by atoms with Gasteiger partial charge >= 0.3 is 6.18 Å². The fraction of sp³-hybridized carbons (Fsp3) is 0.200. The van der Waals surface area contributed by atoms with Crippen LogP contribution in [-0.4, -0.2) is 19.9 Å². The molecule has 7 nitrogen and oxygen atoms in total. The monoisotopic (exact) mass is 318 g/mol. The SMILES string of the molecule is Cc1cc(=O)[nH]c(Sc2cc(NN)nc(C(F)(F)F)n2)n1. The lowest BCUT2D eigenvalue weighted by Gasteiger charge is -2.09. The maximum atomic E-state index is 12.7. The Morgan fingerprint density at radius 2 is 2.00 bits per heavy atom. The van der Waals surface area contributed by atoms with Crippen molar-refractivity contribution in [3.63, 3.8) is 0 Å². The average Bonchev–Trinajstić information content (AvgIpc) is 2.36. The van der Waals surface area contributed by atoms with E-state index in [0.29, 0.717) is 5.69 Å². The highest BCUT2D eigenvalue weighted by atomic mass is 32.2. The van der Waals surface area contributed by atoms with Crippen LogP contribution in [0.5, 0.6) is 0 Å². The van der Waals surface area contributed by atoms with Crippen LogP contribution in [0.3, 0.4) is 0 Å². The third kappa shape index (κ3) is 3.92. The van der Waals surface area contributed by atoms with Gasteiger partial charge in [-0.25, -0.2) is 20.8 Å². The third-order valence-electron chi connectivity index (χ3n) is 2.15. The van der Waals surface area contributed by atoms with Gasteiger partial charge in [-0.15, -0.1) is 0 Å². The van der Waals surface area contributed by atoms with Crippen molar-refractivity contribution in [3.05, 3.63) is 34.0 Å². The molecule has 0 bridgehead atoms. The molecule has 0 amide bonds. The molecule has 11 heteroatoms. The summed E-state index contributed by atoms with van der Waals surface area (Å²) in [4.78, 5) is 24.3. The number of hydrogen-bond donors (Lipinski definition) is 3. The zero-order valence-corrected chi connectivity index (χ0v) is 11.3. The average molecular weight is 318 g/mol. The van der Waals surface area contributed by atoms with E-state index in [-0.39, 0.29) is 16.0 Å². The van der Waals surface area contributed by atoms with Crippen molar-refractivity contribution in [2.45, 2.75) is 23.3 Å². The van der Waals surface area contributed by atoms with Gasteiger partial charge in [-0.05, 0) is 18.7 Å². The summed E-state index contributed by atoms with van der Waals surface area (Å²) in [7, 11) is 0. The lowest BCUT2D eigenvalue weighted by Crippen LogP contribution is -2.16. The van der Waals surface area contributed by atoms with Gasteiger partial charge in [0, 0.05) is 17.8 Å². The summed E-state index contributed by atoms with van der Waals surface area (Å²) in [6, 6.07) is 2.47. The first-order valence-corrected chi connectivity index (χ1v) is 6.28. The van der Waals surface area contributed by atoms with Crippen LogP contribution < -0.4 is 16.8 Å². The number of nitrogens with two attached hydrogens (primary N) is 1. The summed E-state index contributed by atoms with van der Waals surface area (Å²) in [5.41, 5.74) is 2.06. The predicted molar refractivity (Wildman–Crippen MR) is 68.6 cm³/mol. The fourth-order valence-corrected chi connectivity index (χ4v) is 2.22. The maximum Gasteiger partial charge on any atom is 0.451 e. The van der Waals surface area contributed by atoms with Gasteiger partial charge in [0.05, 0.1) is 0 Å². The van der Waals surface area contributed by atoms with Crippen molar-refractivity contribution >= 4 is 17.6 Å². The molecule has 0 saturated heterocycles. The number of alkyl halides is 3. The highest BCUT2D eigenvalue weighted by Crippen LogP contribution is 2.30. The minimum Gasteiger partial charge on any atom is -0.308 e. The van der Waals surface area contributed by atoms with E-state index in [0.717, 1.165) is 11.8 Å². The van der Waals surface area contributed by atoms with Crippen molar-refractivity contribution in [2.75, 3.05) is 5.43 Å². The van der Waals surface area contributed by atoms with Crippen LogP contribution in [0, 0.1) is 6.92 Å².